The van der Waals surface area contributed by atoms with Crippen LogP contribution in [0.2, 0.25) is 10.0 Å². The molecule has 2 fully saturated rings. The first-order valence-corrected chi connectivity index (χ1v) is 11.3. The standard InChI is InChI=1S/C22H31Cl2N3O2/c1-22(2,17-7-8-18(23)19(24)15-17)21(29)27-13-11-25(12-14-27)16-20(28)26-9-5-3-4-6-10-26/h7-8,15H,3-6,9-14,16H2,1-2H3. The van der Waals surface area contributed by atoms with E-state index in [9.17, 15) is 9.59 Å². The van der Waals surface area contributed by atoms with Crippen molar-refractivity contribution in [2.75, 3.05) is 45.8 Å². The second kappa shape index (κ2) is 9.67. The van der Waals surface area contributed by atoms with E-state index in [-0.39, 0.29) is 11.8 Å². The molecule has 0 atom stereocenters. The number of carbonyl (C=O) groups is 2. The SMILES string of the molecule is CC(C)(C(=O)N1CCN(CC(=O)N2CCCCCC2)CC1)c1ccc(Cl)c(Cl)c1. The van der Waals surface area contributed by atoms with E-state index in [0.717, 1.165) is 44.6 Å². The first kappa shape index (κ1) is 22.4. The molecule has 0 N–H and O–H groups in total. The molecule has 5 nitrogen and oxygen atoms in total. The van der Waals surface area contributed by atoms with E-state index in [0.29, 0.717) is 29.7 Å². The Morgan fingerprint density at radius 1 is 0.862 bits per heavy atom. The summed E-state index contributed by atoms with van der Waals surface area (Å²) in [5.74, 6) is 0.303. The molecule has 7 heteroatoms. The van der Waals surface area contributed by atoms with Crippen LogP contribution in [0.15, 0.2) is 18.2 Å². The number of carbonyl (C=O) groups excluding carboxylic acids is 2. The van der Waals surface area contributed by atoms with Gasteiger partial charge in [0.25, 0.3) is 0 Å². The number of rotatable bonds is 4. The molecule has 2 aliphatic rings. The molecule has 1 aromatic carbocycles. The third-order valence-electron chi connectivity index (χ3n) is 6.15. The zero-order valence-electron chi connectivity index (χ0n) is 17.4. The highest BCUT2D eigenvalue weighted by atomic mass is 35.5. The molecule has 0 spiro atoms. The molecule has 0 radical (unpaired) electrons. The van der Waals surface area contributed by atoms with Gasteiger partial charge in [0, 0.05) is 39.3 Å². The Morgan fingerprint density at radius 2 is 1.48 bits per heavy atom. The van der Waals surface area contributed by atoms with Crippen molar-refractivity contribution in [1.29, 1.82) is 0 Å². The number of amides is 2. The second-order valence-electron chi connectivity index (χ2n) is 8.62. The van der Waals surface area contributed by atoms with Crippen LogP contribution in [0.1, 0.15) is 45.1 Å². The minimum absolute atomic E-state index is 0.0781. The molecule has 160 valence electrons. The highest BCUT2D eigenvalue weighted by Crippen LogP contribution is 2.31. The molecular weight excluding hydrogens is 409 g/mol. The van der Waals surface area contributed by atoms with Crippen molar-refractivity contribution in [3.63, 3.8) is 0 Å². The van der Waals surface area contributed by atoms with Crippen molar-refractivity contribution in [2.45, 2.75) is 44.9 Å². The Hall–Kier alpha value is -1.30. The lowest BCUT2D eigenvalue weighted by Crippen LogP contribution is -2.54. The summed E-state index contributed by atoms with van der Waals surface area (Å²) in [7, 11) is 0. The maximum atomic E-state index is 13.2. The van der Waals surface area contributed by atoms with E-state index >= 15 is 0 Å². The first-order chi connectivity index (χ1) is 13.8. The molecule has 0 bridgehead atoms. The highest BCUT2D eigenvalue weighted by Gasteiger charge is 2.35. The van der Waals surface area contributed by atoms with Crippen LogP contribution in [-0.2, 0) is 15.0 Å². The molecule has 2 heterocycles. The van der Waals surface area contributed by atoms with E-state index in [4.69, 9.17) is 23.2 Å². The van der Waals surface area contributed by atoms with Gasteiger partial charge in [-0.1, -0.05) is 42.1 Å². The van der Waals surface area contributed by atoms with Gasteiger partial charge >= 0.3 is 0 Å². The fourth-order valence-corrected chi connectivity index (χ4v) is 4.42. The van der Waals surface area contributed by atoms with Gasteiger partial charge in [-0.3, -0.25) is 14.5 Å². The minimum Gasteiger partial charge on any atom is -0.342 e. The van der Waals surface area contributed by atoms with Crippen molar-refractivity contribution < 1.29 is 9.59 Å². The van der Waals surface area contributed by atoms with Crippen LogP contribution in [0.5, 0.6) is 0 Å². The lowest BCUT2D eigenvalue weighted by Gasteiger charge is -2.39. The zero-order valence-corrected chi connectivity index (χ0v) is 18.9. The van der Waals surface area contributed by atoms with E-state index < -0.39 is 5.41 Å². The van der Waals surface area contributed by atoms with Crippen molar-refractivity contribution in [2.24, 2.45) is 0 Å². The monoisotopic (exact) mass is 439 g/mol. The van der Waals surface area contributed by atoms with Crippen LogP contribution in [0.25, 0.3) is 0 Å². The fourth-order valence-electron chi connectivity index (χ4n) is 4.12. The van der Waals surface area contributed by atoms with Gasteiger partial charge in [-0.25, -0.2) is 0 Å². The van der Waals surface area contributed by atoms with Gasteiger partial charge in [0.1, 0.15) is 0 Å². The predicted molar refractivity (Wildman–Crippen MR) is 118 cm³/mol. The van der Waals surface area contributed by atoms with Crippen LogP contribution in [0.4, 0.5) is 0 Å². The maximum absolute atomic E-state index is 13.2. The van der Waals surface area contributed by atoms with Gasteiger partial charge in [0.2, 0.25) is 11.8 Å². The van der Waals surface area contributed by atoms with Crippen LogP contribution in [0.3, 0.4) is 0 Å². The van der Waals surface area contributed by atoms with Crippen LogP contribution in [-0.4, -0.2) is 72.3 Å². The van der Waals surface area contributed by atoms with Crippen molar-refractivity contribution in [1.82, 2.24) is 14.7 Å². The van der Waals surface area contributed by atoms with Gasteiger partial charge in [-0.15, -0.1) is 0 Å². The summed E-state index contributed by atoms with van der Waals surface area (Å²) in [6.07, 6.45) is 4.66. The van der Waals surface area contributed by atoms with Gasteiger partial charge in [0.15, 0.2) is 0 Å². The number of hydrogen-bond donors (Lipinski definition) is 0. The third-order valence-corrected chi connectivity index (χ3v) is 6.89. The zero-order chi connectivity index (χ0) is 21.0. The van der Waals surface area contributed by atoms with Crippen molar-refractivity contribution in [3.05, 3.63) is 33.8 Å². The molecule has 2 saturated heterocycles. The Kier molecular flexibility index (Phi) is 7.47. The van der Waals surface area contributed by atoms with E-state index in [2.05, 4.69) is 4.90 Å². The third kappa shape index (κ3) is 5.44. The van der Waals surface area contributed by atoms with Crippen molar-refractivity contribution >= 4 is 35.0 Å². The van der Waals surface area contributed by atoms with Crippen LogP contribution >= 0.6 is 23.2 Å². The van der Waals surface area contributed by atoms with E-state index in [1.165, 1.54) is 12.8 Å². The molecule has 1 aromatic rings. The van der Waals surface area contributed by atoms with Gasteiger partial charge in [-0.2, -0.15) is 0 Å². The molecule has 3 rings (SSSR count). The number of nitrogens with zero attached hydrogens (tertiary/aromatic N) is 3. The molecule has 0 aliphatic carbocycles. The van der Waals surface area contributed by atoms with E-state index in [1.807, 2.05) is 29.7 Å². The quantitative estimate of drug-likeness (QED) is 0.715. The molecule has 0 saturated carbocycles. The number of benzene rings is 1. The molecule has 29 heavy (non-hydrogen) atoms. The Bertz CT molecular complexity index is 738. The fraction of sp³-hybridized carbons (Fsp3) is 0.636. The molecule has 0 unspecified atom stereocenters. The summed E-state index contributed by atoms with van der Waals surface area (Å²) in [4.78, 5) is 31.9. The summed E-state index contributed by atoms with van der Waals surface area (Å²) in [5.41, 5.74) is 0.175. The maximum Gasteiger partial charge on any atom is 0.236 e. The van der Waals surface area contributed by atoms with E-state index in [1.54, 1.807) is 12.1 Å². The number of likely N-dealkylation sites (tertiary alicyclic amines) is 1. The molecule has 2 aliphatic heterocycles. The summed E-state index contributed by atoms with van der Waals surface area (Å²) < 4.78 is 0. The summed E-state index contributed by atoms with van der Waals surface area (Å²) in [6.45, 7) is 8.79. The predicted octanol–water partition coefficient (Wildman–Crippen LogP) is 3.82. The van der Waals surface area contributed by atoms with Gasteiger partial charge < -0.3 is 9.80 Å². The van der Waals surface area contributed by atoms with Gasteiger partial charge in [0.05, 0.1) is 22.0 Å². The lowest BCUT2D eigenvalue weighted by molar-refractivity contribution is -0.139. The topological polar surface area (TPSA) is 43.9 Å². The summed E-state index contributed by atoms with van der Waals surface area (Å²) in [6, 6.07) is 5.38. The molecule has 0 aromatic heterocycles. The lowest BCUT2D eigenvalue weighted by atomic mass is 9.83. The average molecular weight is 440 g/mol. The number of halogens is 2. The van der Waals surface area contributed by atoms with Crippen LogP contribution in [0, 0.1) is 0 Å². The second-order valence-corrected chi connectivity index (χ2v) is 9.43. The molecule has 2 amide bonds. The van der Waals surface area contributed by atoms with Gasteiger partial charge in [-0.05, 0) is 44.4 Å². The molecular formula is C22H31Cl2N3O2. The Balaban J connectivity index is 1.54. The highest BCUT2D eigenvalue weighted by molar-refractivity contribution is 6.42. The van der Waals surface area contributed by atoms with Crippen LogP contribution < -0.4 is 0 Å². The van der Waals surface area contributed by atoms with Crippen molar-refractivity contribution in [3.8, 4) is 0 Å². The largest absolute Gasteiger partial charge is 0.342 e. The average Bonchev–Trinajstić information content (AvgIpc) is 2.99. The number of piperazine rings is 1. The summed E-state index contributed by atoms with van der Waals surface area (Å²) in [5, 5.41) is 0.947. The first-order valence-electron chi connectivity index (χ1n) is 10.5. The Labute approximate surface area is 183 Å². The Morgan fingerprint density at radius 3 is 2.07 bits per heavy atom. The smallest absolute Gasteiger partial charge is 0.236 e. The summed E-state index contributed by atoms with van der Waals surface area (Å²) >= 11 is 12.2. The number of hydrogen-bond acceptors (Lipinski definition) is 3. The minimum atomic E-state index is -0.682. The normalized spacial score (nSPS) is 19.2.